The lowest BCUT2D eigenvalue weighted by Gasteiger charge is -2.14. The van der Waals surface area contributed by atoms with E-state index in [4.69, 9.17) is 21.4 Å². The topological polar surface area (TPSA) is 58.6 Å². The number of ether oxygens (including phenoxy) is 1. The molecule has 17 heavy (non-hydrogen) atoms. The van der Waals surface area contributed by atoms with E-state index in [1.807, 2.05) is 6.92 Å². The minimum absolute atomic E-state index is 0.104. The van der Waals surface area contributed by atoms with E-state index in [9.17, 15) is 4.79 Å². The summed E-state index contributed by atoms with van der Waals surface area (Å²) in [6.07, 6.45) is 0. The molecule has 0 bridgehead atoms. The van der Waals surface area contributed by atoms with Crippen molar-refractivity contribution in [2.24, 2.45) is 0 Å². The Balaban J connectivity index is 3.21. The van der Waals surface area contributed by atoms with Gasteiger partial charge in [0.2, 0.25) is 0 Å². The molecule has 2 N–H and O–H groups in total. The Hall–Kier alpha value is -1.26. The third-order valence-corrected chi connectivity index (χ3v) is 3.07. The molecule has 0 saturated heterocycles. The van der Waals surface area contributed by atoms with Crippen LogP contribution in [0.25, 0.3) is 0 Å². The van der Waals surface area contributed by atoms with E-state index in [1.54, 1.807) is 13.0 Å². The standard InChI is InChI=1S/C12H16ClNO3/c1-7-6-9(17-3)10(8(2)11(7)13)12(16)14-4-5-15/h6,15H,4-5H2,1-3H3,(H,14,16). The second kappa shape index (κ2) is 5.89. The number of hydrogen-bond donors (Lipinski definition) is 2. The predicted octanol–water partition coefficient (Wildman–Crippen LogP) is 1.69. The third kappa shape index (κ3) is 2.90. The lowest BCUT2D eigenvalue weighted by Crippen LogP contribution is -2.27. The molecule has 1 aromatic carbocycles. The van der Waals surface area contributed by atoms with Crippen LogP contribution in [-0.2, 0) is 0 Å². The van der Waals surface area contributed by atoms with Crippen LogP contribution in [0.1, 0.15) is 21.5 Å². The molecule has 5 heteroatoms. The molecule has 94 valence electrons. The predicted molar refractivity (Wildman–Crippen MR) is 66.9 cm³/mol. The van der Waals surface area contributed by atoms with Crippen LogP contribution in [0.5, 0.6) is 5.75 Å². The van der Waals surface area contributed by atoms with Crippen molar-refractivity contribution in [1.29, 1.82) is 0 Å². The molecule has 1 aromatic rings. The first-order chi connectivity index (χ1) is 8.02. The molecule has 0 aliphatic rings. The van der Waals surface area contributed by atoms with Crippen LogP contribution in [0.2, 0.25) is 5.02 Å². The van der Waals surface area contributed by atoms with E-state index >= 15 is 0 Å². The number of benzene rings is 1. The first kappa shape index (κ1) is 13.8. The zero-order valence-corrected chi connectivity index (χ0v) is 10.9. The Morgan fingerprint density at radius 2 is 2.18 bits per heavy atom. The smallest absolute Gasteiger partial charge is 0.255 e. The lowest BCUT2D eigenvalue weighted by molar-refractivity contribution is 0.0941. The summed E-state index contributed by atoms with van der Waals surface area (Å²) in [6, 6.07) is 1.73. The second-order valence-electron chi connectivity index (χ2n) is 3.69. The Morgan fingerprint density at radius 1 is 1.53 bits per heavy atom. The van der Waals surface area contributed by atoms with Crippen LogP contribution >= 0.6 is 11.6 Å². The number of nitrogens with one attached hydrogen (secondary N) is 1. The number of hydrogen-bond acceptors (Lipinski definition) is 3. The highest BCUT2D eigenvalue weighted by Crippen LogP contribution is 2.31. The number of methoxy groups -OCH3 is 1. The van der Waals surface area contributed by atoms with Gasteiger partial charge in [0, 0.05) is 11.6 Å². The number of halogens is 1. The van der Waals surface area contributed by atoms with Crippen molar-refractivity contribution in [3.63, 3.8) is 0 Å². The molecule has 0 radical (unpaired) electrons. The fraction of sp³-hybridized carbons (Fsp3) is 0.417. The Labute approximate surface area is 106 Å². The van der Waals surface area contributed by atoms with E-state index in [2.05, 4.69) is 5.32 Å². The quantitative estimate of drug-likeness (QED) is 0.863. The van der Waals surface area contributed by atoms with Gasteiger partial charge in [0.15, 0.2) is 0 Å². The monoisotopic (exact) mass is 257 g/mol. The first-order valence-electron chi connectivity index (χ1n) is 5.25. The zero-order valence-electron chi connectivity index (χ0n) is 10.1. The highest BCUT2D eigenvalue weighted by molar-refractivity contribution is 6.32. The molecule has 0 aliphatic heterocycles. The SMILES string of the molecule is COc1cc(C)c(Cl)c(C)c1C(=O)NCCO. The van der Waals surface area contributed by atoms with E-state index in [0.29, 0.717) is 21.9 Å². The van der Waals surface area contributed by atoms with Crippen LogP contribution in [-0.4, -0.2) is 31.3 Å². The highest BCUT2D eigenvalue weighted by atomic mass is 35.5. The summed E-state index contributed by atoms with van der Waals surface area (Å²) in [6.45, 7) is 3.72. The second-order valence-corrected chi connectivity index (χ2v) is 4.07. The average molecular weight is 258 g/mol. The maximum atomic E-state index is 11.9. The van der Waals surface area contributed by atoms with Gasteiger partial charge in [0.1, 0.15) is 5.75 Å². The molecule has 0 aromatic heterocycles. The number of aryl methyl sites for hydroxylation is 1. The lowest BCUT2D eigenvalue weighted by atomic mass is 10.0. The van der Waals surface area contributed by atoms with Crippen LogP contribution in [0.4, 0.5) is 0 Å². The molecular formula is C12H16ClNO3. The van der Waals surface area contributed by atoms with Crippen molar-refractivity contribution in [3.05, 3.63) is 27.8 Å². The van der Waals surface area contributed by atoms with Crippen molar-refractivity contribution in [3.8, 4) is 5.75 Å². The van der Waals surface area contributed by atoms with Gasteiger partial charge < -0.3 is 15.2 Å². The van der Waals surface area contributed by atoms with Gasteiger partial charge in [-0.3, -0.25) is 4.79 Å². The normalized spacial score (nSPS) is 10.2. The summed E-state index contributed by atoms with van der Waals surface area (Å²) in [5.74, 6) is 0.190. The molecular weight excluding hydrogens is 242 g/mol. The van der Waals surface area contributed by atoms with Gasteiger partial charge in [-0.15, -0.1) is 0 Å². The molecule has 1 amide bonds. The summed E-state index contributed by atoms with van der Waals surface area (Å²) in [5.41, 5.74) is 1.95. The van der Waals surface area contributed by atoms with Crippen molar-refractivity contribution in [2.45, 2.75) is 13.8 Å². The minimum atomic E-state index is -0.296. The number of aliphatic hydroxyl groups excluding tert-OH is 1. The van der Waals surface area contributed by atoms with Gasteiger partial charge >= 0.3 is 0 Å². The summed E-state index contributed by atoms with van der Waals surface area (Å²) in [7, 11) is 1.50. The van der Waals surface area contributed by atoms with Crippen LogP contribution in [0, 0.1) is 13.8 Å². The summed E-state index contributed by atoms with van der Waals surface area (Å²) >= 11 is 6.10. The van der Waals surface area contributed by atoms with Gasteiger partial charge in [-0.25, -0.2) is 0 Å². The van der Waals surface area contributed by atoms with Crippen molar-refractivity contribution in [1.82, 2.24) is 5.32 Å². The van der Waals surface area contributed by atoms with Gasteiger partial charge in [-0.2, -0.15) is 0 Å². The maximum absolute atomic E-state index is 11.9. The Kier molecular flexibility index (Phi) is 4.78. The molecule has 0 atom stereocenters. The fourth-order valence-corrected chi connectivity index (χ4v) is 1.77. The minimum Gasteiger partial charge on any atom is -0.496 e. The summed E-state index contributed by atoms with van der Waals surface area (Å²) < 4.78 is 5.18. The maximum Gasteiger partial charge on any atom is 0.255 e. The Morgan fingerprint density at radius 3 is 2.71 bits per heavy atom. The third-order valence-electron chi connectivity index (χ3n) is 2.49. The first-order valence-corrected chi connectivity index (χ1v) is 5.63. The summed E-state index contributed by atoms with van der Waals surface area (Å²) in [5, 5.41) is 11.8. The largest absolute Gasteiger partial charge is 0.496 e. The van der Waals surface area contributed by atoms with Crippen molar-refractivity contribution in [2.75, 3.05) is 20.3 Å². The molecule has 0 fully saturated rings. The van der Waals surface area contributed by atoms with Gasteiger partial charge in [-0.05, 0) is 31.0 Å². The van der Waals surface area contributed by atoms with Gasteiger partial charge in [-0.1, -0.05) is 11.6 Å². The van der Waals surface area contributed by atoms with Gasteiger partial charge in [0.05, 0.1) is 19.3 Å². The number of carbonyl (C=O) groups excluding carboxylic acids is 1. The number of amides is 1. The van der Waals surface area contributed by atoms with E-state index in [0.717, 1.165) is 5.56 Å². The van der Waals surface area contributed by atoms with Crippen LogP contribution in [0.3, 0.4) is 0 Å². The van der Waals surface area contributed by atoms with E-state index < -0.39 is 0 Å². The van der Waals surface area contributed by atoms with E-state index in [-0.39, 0.29) is 19.1 Å². The fourth-order valence-electron chi connectivity index (χ4n) is 1.62. The molecule has 0 heterocycles. The number of aliphatic hydroxyl groups is 1. The molecule has 0 spiro atoms. The van der Waals surface area contributed by atoms with Crippen molar-refractivity contribution < 1.29 is 14.6 Å². The van der Waals surface area contributed by atoms with E-state index in [1.165, 1.54) is 7.11 Å². The molecule has 0 aliphatic carbocycles. The highest BCUT2D eigenvalue weighted by Gasteiger charge is 2.18. The molecule has 4 nitrogen and oxygen atoms in total. The number of carbonyl (C=O) groups is 1. The summed E-state index contributed by atoms with van der Waals surface area (Å²) in [4.78, 5) is 11.9. The number of rotatable bonds is 4. The van der Waals surface area contributed by atoms with Crippen molar-refractivity contribution >= 4 is 17.5 Å². The molecule has 1 rings (SSSR count). The Bertz CT molecular complexity index is 432. The zero-order chi connectivity index (χ0) is 13.0. The molecule has 0 unspecified atom stereocenters. The molecule has 0 saturated carbocycles. The average Bonchev–Trinajstić information content (AvgIpc) is 2.32. The van der Waals surface area contributed by atoms with Crippen LogP contribution < -0.4 is 10.1 Å². The van der Waals surface area contributed by atoms with Gasteiger partial charge in [0.25, 0.3) is 5.91 Å². The van der Waals surface area contributed by atoms with Crippen LogP contribution in [0.15, 0.2) is 6.07 Å².